The summed E-state index contributed by atoms with van der Waals surface area (Å²) in [5.74, 6) is 1.70. The molecule has 0 unspecified atom stereocenters. The normalized spacial score (nSPS) is 11.2. The molecule has 0 aliphatic heterocycles. The number of nitrogens with one attached hydrogen (secondary N) is 3. The van der Waals surface area contributed by atoms with Gasteiger partial charge in [0.05, 0.1) is 19.8 Å². The van der Waals surface area contributed by atoms with Gasteiger partial charge < -0.3 is 25.4 Å². The van der Waals surface area contributed by atoms with E-state index < -0.39 is 0 Å². The number of benzene rings is 2. The number of anilines is 1. The third-order valence-corrected chi connectivity index (χ3v) is 4.07. The number of aliphatic imine (C=N–C) groups is 1. The largest absolute Gasteiger partial charge is 0.494 e. The lowest BCUT2D eigenvalue weighted by Crippen LogP contribution is -2.36. The van der Waals surface area contributed by atoms with Crippen LogP contribution in [-0.2, 0) is 17.8 Å². The molecule has 2 aromatic rings. The van der Waals surface area contributed by atoms with Crippen LogP contribution in [0, 0.1) is 0 Å². The summed E-state index contributed by atoms with van der Waals surface area (Å²) in [6, 6.07) is 16.4. The topological polar surface area (TPSA) is 66.9 Å². The highest BCUT2D eigenvalue weighted by Crippen LogP contribution is 2.17. The third-order valence-electron chi connectivity index (χ3n) is 4.07. The molecule has 6 heteroatoms. The van der Waals surface area contributed by atoms with E-state index in [-0.39, 0.29) is 0 Å². The standard InChI is InChI=1S/C22H32N4O2/c1-4-23-22(26-17-19-8-6-7-9-21(19)28-5-2)25-16-18-10-12-20(13-11-18)24-14-15-27-3/h6-13,24H,4-5,14-17H2,1-3H3,(H2,23,25,26). The van der Waals surface area contributed by atoms with Crippen LogP contribution >= 0.6 is 0 Å². The van der Waals surface area contributed by atoms with Crippen molar-refractivity contribution in [2.45, 2.75) is 26.9 Å². The second kappa shape index (κ2) is 12.6. The molecular weight excluding hydrogens is 352 g/mol. The van der Waals surface area contributed by atoms with Crippen LogP contribution in [0.5, 0.6) is 5.75 Å². The Morgan fingerprint density at radius 3 is 2.50 bits per heavy atom. The molecule has 0 saturated heterocycles. The van der Waals surface area contributed by atoms with Crippen molar-refractivity contribution in [1.29, 1.82) is 0 Å². The molecule has 2 aromatic carbocycles. The predicted molar refractivity (Wildman–Crippen MR) is 116 cm³/mol. The fourth-order valence-corrected chi connectivity index (χ4v) is 2.66. The maximum absolute atomic E-state index is 5.69. The summed E-state index contributed by atoms with van der Waals surface area (Å²) >= 11 is 0. The molecule has 152 valence electrons. The number of nitrogens with zero attached hydrogens (tertiary/aromatic N) is 1. The molecule has 0 saturated carbocycles. The van der Waals surface area contributed by atoms with E-state index in [0.29, 0.717) is 26.3 Å². The summed E-state index contributed by atoms with van der Waals surface area (Å²) < 4.78 is 10.7. The van der Waals surface area contributed by atoms with Crippen molar-refractivity contribution < 1.29 is 9.47 Å². The molecule has 0 aliphatic carbocycles. The van der Waals surface area contributed by atoms with Gasteiger partial charge in [-0.2, -0.15) is 0 Å². The van der Waals surface area contributed by atoms with Gasteiger partial charge in [-0.25, -0.2) is 4.99 Å². The molecule has 28 heavy (non-hydrogen) atoms. The number of guanidine groups is 1. The van der Waals surface area contributed by atoms with Gasteiger partial charge in [0.25, 0.3) is 0 Å². The van der Waals surface area contributed by atoms with E-state index in [9.17, 15) is 0 Å². The van der Waals surface area contributed by atoms with Crippen LogP contribution in [0.3, 0.4) is 0 Å². The SMILES string of the molecule is CCNC(=NCc1ccc(NCCOC)cc1)NCc1ccccc1OCC. The van der Waals surface area contributed by atoms with Crippen molar-refractivity contribution in [3.63, 3.8) is 0 Å². The summed E-state index contributed by atoms with van der Waals surface area (Å²) in [4.78, 5) is 4.69. The minimum atomic E-state index is 0.612. The van der Waals surface area contributed by atoms with E-state index in [4.69, 9.17) is 14.5 Å². The van der Waals surface area contributed by atoms with Crippen molar-refractivity contribution in [3.05, 3.63) is 59.7 Å². The van der Waals surface area contributed by atoms with Crippen molar-refractivity contribution >= 4 is 11.6 Å². The summed E-state index contributed by atoms with van der Waals surface area (Å²) in [6.07, 6.45) is 0. The second-order valence-electron chi connectivity index (χ2n) is 6.21. The Bertz CT molecular complexity index is 717. The highest BCUT2D eigenvalue weighted by molar-refractivity contribution is 5.79. The zero-order chi connectivity index (χ0) is 20.0. The van der Waals surface area contributed by atoms with Crippen LogP contribution < -0.4 is 20.7 Å². The van der Waals surface area contributed by atoms with Gasteiger partial charge in [-0.15, -0.1) is 0 Å². The zero-order valence-electron chi connectivity index (χ0n) is 17.1. The number of para-hydroxylation sites is 1. The van der Waals surface area contributed by atoms with E-state index >= 15 is 0 Å². The molecule has 0 aliphatic rings. The molecule has 0 aromatic heterocycles. The first-order chi connectivity index (χ1) is 13.8. The van der Waals surface area contributed by atoms with Crippen LogP contribution in [0.15, 0.2) is 53.5 Å². The van der Waals surface area contributed by atoms with Crippen LogP contribution in [0.1, 0.15) is 25.0 Å². The van der Waals surface area contributed by atoms with Crippen molar-refractivity contribution in [3.8, 4) is 5.75 Å². The lowest BCUT2D eigenvalue weighted by atomic mass is 10.2. The van der Waals surface area contributed by atoms with E-state index in [2.05, 4.69) is 53.2 Å². The molecule has 0 amide bonds. The first-order valence-corrected chi connectivity index (χ1v) is 9.81. The van der Waals surface area contributed by atoms with Crippen LogP contribution in [0.25, 0.3) is 0 Å². The average Bonchev–Trinajstić information content (AvgIpc) is 2.72. The van der Waals surface area contributed by atoms with Crippen LogP contribution in [-0.4, -0.2) is 39.4 Å². The van der Waals surface area contributed by atoms with E-state index in [0.717, 1.165) is 41.6 Å². The van der Waals surface area contributed by atoms with Crippen LogP contribution in [0.4, 0.5) is 5.69 Å². The van der Waals surface area contributed by atoms with Gasteiger partial charge in [-0.05, 0) is 37.6 Å². The van der Waals surface area contributed by atoms with Gasteiger partial charge >= 0.3 is 0 Å². The van der Waals surface area contributed by atoms with Gasteiger partial charge in [-0.3, -0.25) is 0 Å². The quantitative estimate of drug-likeness (QED) is 0.315. The highest BCUT2D eigenvalue weighted by atomic mass is 16.5. The Labute approximate surface area is 168 Å². The van der Waals surface area contributed by atoms with Crippen molar-refractivity contribution in [1.82, 2.24) is 10.6 Å². The minimum Gasteiger partial charge on any atom is -0.494 e. The Balaban J connectivity index is 1.93. The predicted octanol–water partition coefficient (Wildman–Crippen LogP) is 3.40. The molecule has 2 rings (SSSR count). The molecule has 0 fully saturated rings. The smallest absolute Gasteiger partial charge is 0.191 e. The first kappa shape index (κ1) is 21.6. The fraction of sp³-hybridized carbons (Fsp3) is 0.409. The maximum atomic E-state index is 5.69. The Morgan fingerprint density at radius 1 is 1.00 bits per heavy atom. The zero-order valence-corrected chi connectivity index (χ0v) is 17.1. The number of methoxy groups -OCH3 is 1. The fourth-order valence-electron chi connectivity index (χ4n) is 2.66. The molecule has 0 spiro atoms. The van der Waals surface area contributed by atoms with Gasteiger partial charge in [-0.1, -0.05) is 30.3 Å². The van der Waals surface area contributed by atoms with Gasteiger partial charge in [0.2, 0.25) is 0 Å². The molecule has 0 radical (unpaired) electrons. The second-order valence-corrected chi connectivity index (χ2v) is 6.21. The number of rotatable bonds is 11. The highest BCUT2D eigenvalue weighted by Gasteiger charge is 2.04. The number of hydrogen-bond donors (Lipinski definition) is 3. The summed E-state index contributed by atoms with van der Waals surface area (Å²) in [5, 5.41) is 9.99. The van der Waals surface area contributed by atoms with Crippen LogP contribution in [0.2, 0.25) is 0 Å². The molecule has 6 nitrogen and oxygen atoms in total. The van der Waals surface area contributed by atoms with E-state index in [1.165, 1.54) is 0 Å². The Morgan fingerprint density at radius 2 is 1.79 bits per heavy atom. The number of hydrogen-bond acceptors (Lipinski definition) is 4. The van der Waals surface area contributed by atoms with E-state index in [1.54, 1.807) is 7.11 Å². The van der Waals surface area contributed by atoms with Gasteiger partial charge in [0.1, 0.15) is 5.75 Å². The van der Waals surface area contributed by atoms with Crippen molar-refractivity contribution in [2.75, 3.05) is 38.7 Å². The average molecular weight is 385 g/mol. The minimum absolute atomic E-state index is 0.612. The third kappa shape index (κ3) is 7.48. The van der Waals surface area contributed by atoms with Crippen molar-refractivity contribution in [2.24, 2.45) is 4.99 Å². The summed E-state index contributed by atoms with van der Waals surface area (Å²) in [7, 11) is 1.70. The molecule has 0 heterocycles. The lowest BCUT2D eigenvalue weighted by Gasteiger charge is -2.14. The first-order valence-electron chi connectivity index (χ1n) is 9.81. The molecular formula is C22H32N4O2. The summed E-state index contributed by atoms with van der Waals surface area (Å²) in [5.41, 5.74) is 3.35. The monoisotopic (exact) mass is 384 g/mol. The lowest BCUT2D eigenvalue weighted by molar-refractivity contribution is 0.211. The Hall–Kier alpha value is -2.73. The Kier molecular flexibility index (Phi) is 9.72. The molecule has 3 N–H and O–H groups in total. The van der Waals surface area contributed by atoms with Gasteiger partial charge in [0, 0.05) is 38.0 Å². The summed E-state index contributed by atoms with van der Waals surface area (Å²) in [6.45, 7) is 8.27. The van der Waals surface area contributed by atoms with Gasteiger partial charge in [0.15, 0.2) is 5.96 Å². The van der Waals surface area contributed by atoms with E-state index in [1.807, 2.05) is 25.1 Å². The number of ether oxygens (including phenoxy) is 2. The molecule has 0 bridgehead atoms. The molecule has 0 atom stereocenters. The maximum Gasteiger partial charge on any atom is 0.191 e.